The monoisotopic (exact) mass is 617 g/mol. The number of nitrogens with zero attached hydrogens (tertiary/aromatic N) is 2. The third-order valence-corrected chi connectivity index (χ3v) is 8.27. The number of halogens is 6. The minimum atomic E-state index is -4.78. The number of anilines is 2. The van der Waals surface area contributed by atoms with Gasteiger partial charge in [-0.25, -0.2) is 17.6 Å². The first-order valence-corrected chi connectivity index (χ1v) is 13.9. The molecule has 0 aliphatic carbocycles. The molecule has 226 valence electrons. The number of ether oxygens (including phenoxy) is 2. The number of hydrogen-bond acceptors (Lipinski definition) is 6. The molecule has 2 N–H and O–H groups in total. The molecule has 4 rings (SSSR count). The van der Waals surface area contributed by atoms with Crippen LogP contribution in [0.5, 0.6) is 5.75 Å². The van der Waals surface area contributed by atoms with E-state index in [0.717, 1.165) is 40.7 Å². The van der Waals surface area contributed by atoms with Gasteiger partial charge >= 0.3 is 18.9 Å². The van der Waals surface area contributed by atoms with E-state index in [-0.39, 0.29) is 36.4 Å². The van der Waals surface area contributed by atoms with Crippen molar-refractivity contribution in [1.29, 1.82) is 0 Å². The number of nitrogens with two attached hydrogens (primary N) is 1. The first-order chi connectivity index (χ1) is 19.6. The van der Waals surface area contributed by atoms with E-state index in [2.05, 4.69) is 4.74 Å². The molecule has 0 fully saturated rings. The lowest BCUT2D eigenvalue weighted by molar-refractivity contribution is -0.137. The van der Waals surface area contributed by atoms with Crippen LogP contribution in [-0.4, -0.2) is 46.9 Å². The molecule has 1 atom stereocenters. The van der Waals surface area contributed by atoms with E-state index in [0.29, 0.717) is 18.2 Å². The molecule has 42 heavy (non-hydrogen) atoms. The van der Waals surface area contributed by atoms with E-state index in [1.165, 1.54) is 18.2 Å². The lowest BCUT2D eigenvalue weighted by Gasteiger charge is -2.39. The summed E-state index contributed by atoms with van der Waals surface area (Å²) in [4.78, 5) is 12.3. The molecule has 3 aromatic rings. The normalized spacial score (nSPS) is 14.5. The minimum absolute atomic E-state index is 0.0558. The Hall–Kier alpha value is -4.14. The number of amides is 1. The molecule has 1 amide bonds. The number of hydrogen-bond donors (Lipinski definition) is 1. The number of alkyl halides is 5. The van der Waals surface area contributed by atoms with Gasteiger partial charge in [0.25, 0.3) is 10.0 Å². The predicted octanol–water partition coefficient (Wildman–Crippen LogP) is 6.00. The van der Waals surface area contributed by atoms with Crippen molar-refractivity contribution in [2.45, 2.75) is 37.1 Å². The lowest BCUT2D eigenvalue weighted by Crippen LogP contribution is -2.45. The quantitative estimate of drug-likeness (QED) is 0.296. The zero-order valence-corrected chi connectivity index (χ0v) is 22.8. The summed E-state index contributed by atoms with van der Waals surface area (Å²) in [6.07, 6.45) is -6.01. The molecule has 0 spiro atoms. The number of primary amides is 1. The Bertz CT molecular complexity index is 1570. The minimum Gasteiger partial charge on any atom is -0.447 e. The van der Waals surface area contributed by atoms with Crippen LogP contribution in [0.1, 0.15) is 18.9 Å². The van der Waals surface area contributed by atoms with Crippen LogP contribution in [0, 0.1) is 5.82 Å². The van der Waals surface area contributed by atoms with Crippen molar-refractivity contribution >= 4 is 27.5 Å². The van der Waals surface area contributed by atoms with Crippen molar-refractivity contribution in [3.8, 4) is 16.9 Å². The summed E-state index contributed by atoms with van der Waals surface area (Å²) in [5.41, 5.74) is 4.65. The zero-order valence-electron chi connectivity index (χ0n) is 21.9. The molecular weight excluding hydrogens is 592 g/mol. The van der Waals surface area contributed by atoms with Crippen molar-refractivity contribution in [3.05, 3.63) is 72.0 Å². The number of benzene rings is 3. The fraction of sp³-hybridized carbons (Fsp3) is 0.296. The summed E-state index contributed by atoms with van der Waals surface area (Å²) in [7, 11) is -4.54. The van der Waals surface area contributed by atoms with Gasteiger partial charge in [0.2, 0.25) is 0 Å². The summed E-state index contributed by atoms with van der Waals surface area (Å²) >= 11 is 0. The highest BCUT2D eigenvalue weighted by molar-refractivity contribution is 7.92. The van der Waals surface area contributed by atoms with E-state index >= 15 is 0 Å². The Balaban J connectivity index is 1.79. The number of fused-ring (bicyclic) bond motifs is 1. The number of sulfonamides is 1. The summed E-state index contributed by atoms with van der Waals surface area (Å²) in [5.74, 6) is -1.35. The topological polar surface area (TPSA) is 102 Å². The van der Waals surface area contributed by atoms with E-state index in [1.807, 2.05) is 0 Å². The third-order valence-electron chi connectivity index (χ3n) is 6.46. The maximum atomic E-state index is 14.3. The second-order valence-electron chi connectivity index (χ2n) is 9.38. The third kappa shape index (κ3) is 7.01. The summed E-state index contributed by atoms with van der Waals surface area (Å²) in [5, 5.41) is 0. The maximum absolute atomic E-state index is 14.3. The number of rotatable bonds is 9. The Labute approximate surface area is 237 Å². The van der Waals surface area contributed by atoms with Crippen LogP contribution in [0.15, 0.2) is 65.6 Å². The molecule has 1 unspecified atom stereocenters. The highest BCUT2D eigenvalue weighted by Gasteiger charge is 2.36. The summed E-state index contributed by atoms with van der Waals surface area (Å²) < 4.78 is 118. The largest absolute Gasteiger partial charge is 0.447 e. The van der Waals surface area contributed by atoms with Crippen molar-refractivity contribution in [2.24, 2.45) is 5.73 Å². The maximum Gasteiger partial charge on any atom is 0.416 e. The number of carbonyl (C=O) groups excluding carboxylic acids is 1. The van der Waals surface area contributed by atoms with Gasteiger partial charge in [-0.3, -0.25) is 4.31 Å². The molecule has 8 nitrogen and oxygen atoms in total. The van der Waals surface area contributed by atoms with E-state index < -0.39 is 57.0 Å². The average molecular weight is 618 g/mol. The fourth-order valence-corrected chi connectivity index (χ4v) is 6.07. The average Bonchev–Trinajstić information content (AvgIpc) is 2.89. The van der Waals surface area contributed by atoms with Crippen LogP contribution in [0.2, 0.25) is 0 Å². The summed E-state index contributed by atoms with van der Waals surface area (Å²) in [6, 6.07) is 10.7. The molecule has 0 saturated carbocycles. The number of carbonyl (C=O) groups is 1. The van der Waals surface area contributed by atoms with E-state index in [4.69, 9.17) is 10.5 Å². The van der Waals surface area contributed by atoms with Crippen LogP contribution >= 0.6 is 0 Å². The fourth-order valence-electron chi connectivity index (χ4n) is 4.56. The molecule has 0 aromatic heterocycles. The Kier molecular flexibility index (Phi) is 8.80. The molecule has 0 saturated heterocycles. The molecule has 15 heteroatoms. The van der Waals surface area contributed by atoms with E-state index in [1.54, 1.807) is 11.8 Å². The van der Waals surface area contributed by atoms with Crippen LogP contribution in [0.25, 0.3) is 11.1 Å². The predicted molar refractivity (Wildman–Crippen MR) is 141 cm³/mol. The van der Waals surface area contributed by atoms with Crippen molar-refractivity contribution < 1.29 is 49.0 Å². The second kappa shape index (κ2) is 12.0. The SMILES string of the molecule is CC(CCN1CCN(S(=O)(=O)c2cccc(C(F)(F)F)c2)c2cc(-c3cc(F)cc(OC(F)F)c3)ccc21)OC(N)=O. The van der Waals surface area contributed by atoms with Crippen LogP contribution in [0.3, 0.4) is 0 Å². The van der Waals surface area contributed by atoms with Gasteiger partial charge in [0.1, 0.15) is 17.7 Å². The highest BCUT2D eigenvalue weighted by atomic mass is 32.2. The first-order valence-electron chi connectivity index (χ1n) is 12.5. The smallest absolute Gasteiger partial charge is 0.416 e. The van der Waals surface area contributed by atoms with Gasteiger partial charge in [-0.2, -0.15) is 22.0 Å². The van der Waals surface area contributed by atoms with Gasteiger partial charge in [0.05, 0.1) is 28.4 Å². The zero-order chi connectivity index (χ0) is 30.8. The molecule has 1 heterocycles. The van der Waals surface area contributed by atoms with Gasteiger partial charge in [0, 0.05) is 25.6 Å². The van der Waals surface area contributed by atoms with Gasteiger partial charge in [-0.15, -0.1) is 0 Å². The lowest BCUT2D eigenvalue weighted by atomic mass is 10.0. The molecule has 1 aliphatic rings. The van der Waals surface area contributed by atoms with Gasteiger partial charge in [0.15, 0.2) is 0 Å². The summed E-state index contributed by atoms with van der Waals surface area (Å²) in [6.45, 7) is -1.37. The van der Waals surface area contributed by atoms with Crippen LogP contribution in [0.4, 0.5) is 42.5 Å². The molecule has 1 aliphatic heterocycles. The Morgan fingerprint density at radius 2 is 1.74 bits per heavy atom. The van der Waals surface area contributed by atoms with Crippen molar-refractivity contribution in [2.75, 3.05) is 28.8 Å². The van der Waals surface area contributed by atoms with Crippen molar-refractivity contribution in [1.82, 2.24) is 0 Å². The van der Waals surface area contributed by atoms with Gasteiger partial charge in [-0.05, 0) is 60.5 Å². The molecule has 0 bridgehead atoms. The van der Waals surface area contributed by atoms with Crippen LogP contribution < -0.4 is 19.7 Å². The first kappa shape index (κ1) is 30.8. The standard InChI is InChI=1S/C27H25F6N3O5S/c1-16(40-26(34)37)7-8-35-9-10-36(42(38,39)22-4-2-3-19(14-22)27(31,32)33)24-13-17(5-6-23(24)35)18-11-20(28)15-21(12-18)41-25(29)30/h2-6,11-16,25H,7-10H2,1H3,(H2,34,37). The van der Waals surface area contributed by atoms with Gasteiger partial charge in [-0.1, -0.05) is 12.1 Å². The van der Waals surface area contributed by atoms with E-state index in [9.17, 15) is 39.6 Å². The van der Waals surface area contributed by atoms with Gasteiger partial charge < -0.3 is 20.1 Å². The molecular formula is C27H25F6N3O5S. The highest BCUT2D eigenvalue weighted by Crippen LogP contribution is 2.41. The second-order valence-corrected chi connectivity index (χ2v) is 11.2. The molecule has 0 radical (unpaired) electrons. The Morgan fingerprint density at radius 1 is 1.00 bits per heavy atom. The molecule has 3 aromatic carbocycles. The van der Waals surface area contributed by atoms with Crippen LogP contribution in [-0.2, 0) is 20.9 Å². The van der Waals surface area contributed by atoms with Crippen molar-refractivity contribution in [3.63, 3.8) is 0 Å². The Morgan fingerprint density at radius 3 is 2.40 bits per heavy atom.